The Kier molecular flexibility index (Phi) is 5.38. The summed E-state index contributed by atoms with van der Waals surface area (Å²) in [5.41, 5.74) is 0.879. The van der Waals surface area contributed by atoms with Gasteiger partial charge in [0.1, 0.15) is 5.82 Å². The number of nitrogens with one attached hydrogen (secondary N) is 1. The molecule has 21 heavy (non-hydrogen) atoms. The number of carbonyl (C=O) groups excluding carboxylic acids is 1. The average Bonchev–Trinajstić information content (AvgIpc) is 2.93. The third kappa shape index (κ3) is 4.32. The molecule has 0 radical (unpaired) electrons. The largest absolute Gasteiger partial charge is 0.349 e. The van der Waals surface area contributed by atoms with E-state index in [0.717, 1.165) is 17.3 Å². The Labute approximate surface area is 127 Å². The molecule has 0 saturated carbocycles. The molecule has 112 valence electrons. The number of thioether (sulfide) groups is 1. The minimum atomic E-state index is -0.278. The van der Waals surface area contributed by atoms with Crippen LogP contribution in [0.2, 0.25) is 0 Å². The summed E-state index contributed by atoms with van der Waals surface area (Å²) in [6.07, 6.45) is 3.62. The van der Waals surface area contributed by atoms with Gasteiger partial charge in [-0.3, -0.25) is 4.79 Å². The first kappa shape index (κ1) is 15.6. The molecule has 0 aliphatic heterocycles. The Balaban J connectivity index is 1.85. The van der Waals surface area contributed by atoms with Crippen LogP contribution in [-0.2, 0) is 11.3 Å². The fourth-order valence-electron chi connectivity index (χ4n) is 1.92. The summed E-state index contributed by atoms with van der Waals surface area (Å²) in [6.45, 7) is 4.74. The van der Waals surface area contributed by atoms with Crippen molar-refractivity contribution in [3.8, 4) is 0 Å². The molecule has 1 atom stereocenters. The predicted octanol–water partition coefficient (Wildman–Crippen LogP) is 3.01. The van der Waals surface area contributed by atoms with Gasteiger partial charge in [0.2, 0.25) is 5.91 Å². The highest BCUT2D eigenvalue weighted by atomic mass is 32.2. The smallest absolute Gasteiger partial charge is 0.230 e. The number of aryl methyl sites for hydroxylation is 1. The standard InChI is InChI=1S/C15H18FN3OS/c1-3-19-9-8-17-15(19)21-10-14(20)18-11(2)12-4-6-13(16)7-5-12/h4-9,11H,3,10H2,1-2H3,(H,18,20)/t11-/m1/s1. The Bertz CT molecular complexity index is 597. The maximum atomic E-state index is 12.9. The van der Waals surface area contributed by atoms with E-state index in [-0.39, 0.29) is 17.8 Å². The lowest BCUT2D eigenvalue weighted by molar-refractivity contribution is -0.119. The van der Waals surface area contributed by atoms with Crippen LogP contribution in [0.3, 0.4) is 0 Å². The normalized spacial score (nSPS) is 12.1. The summed E-state index contributed by atoms with van der Waals surface area (Å²) in [6, 6.07) is 5.99. The molecule has 1 aromatic carbocycles. The summed E-state index contributed by atoms with van der Waals surface area (Å²) in [5, 5.41) is 3.73. The summed E-state index contributed by atoms with van der Waals surface area (Å²) < 4.78 is 14.8. The first-order valence-corrected chi connectivity index (χ1v) is 7.77. The molecule has 6 heteroatoms. The molecule has 0 fully saturated rings. The quantitative estimate of drug-likeness (QED) is 0.835. The van der Waals surface area contributed by atoms with Crippen LogP contribution < -0.4 is 5.32 Å². The van der Waals surface area contributed by atoms with Crippen LogP contribution in [0.25, 0.3) is 0 Å². The Morgan fingerprint density at radius 2 is 2.14 bits per heavy atom. The summed E-state index contributed by atoms with van der Waals surface area (Å²) in [7, 11) is 0. The monoisotopic (exact) mass is 307 g/mol. The highest BCUT2D eigenvalue weighted by Gasteiger charge is 2.11. The Hall–Kier alpha value is -1.82. The van der Waals surface area contributed by atoms with Gasteiger partial charge in [0.05, 0.1) is 11.8 Å². The second-order valence-electron chi connectivity index (χ2n) is 4.63. The summed E-state index contributed by atoms with van der Waals surface area (Å²) >= 11 is 1.41. The van der Waals surface area contributed by atoms with Crippen molar-refractivity contribution in [2.45, 2.75) is 31.6 Å². The first-order chi connectivity index (χ1) is 10.1. The zero-order valence-corrected chi connectivity index (χ0v) is 12.9. The maximum absolute atomic E-state index is 12.9. The zero-order valence-electron chi connectivity index (χ0n) is 12.0. The zero-order chi connectivity index (χ0) is 15.2. The molecule has 0 spiro atoms. The van der Waals surface area contributed by atoms with Crippen molar-refractivity contribution in [3.63, 3.8) is 0 Å². The molecule has 0 unspecified atom stereocenters. The highest BCUT2D eigenvalue weighted by molar-refractivity contribution is 7.99. The van der Waals surface area contributed by atoms with Gasteiger partial charge in [0, 0.05) is 18.9 Å². The molecule has 1 N–H and O–H groups in total. The van der Waals surface area contributed by atoms with Crippen molar-refractivity contribution in [2.75, 3.05) is 5.75 Å². The van der Waals surface area contributed by atoms with Gasteiger partial charge in [-0.25, -0.2) is 9.37 Å². The van der Waals surface area contributed by atoms with Crippen molar-refractivity contribution in [3.05, 3.63) is 48.0 Å². The van der Waals surface area contributed by atoms with E-state index in [1.165, 1.54) is 23.9 Å². The first-order valence-electron chi connectivity index (χ1n) is 6.79. The molecular weight excluding hydrogens is 289 g/mol. The second-order valence-corrected chi connectivity index (χ2v) is 5.57. The predicted molar refractivity (Wildman–Crippen MR) is 81.6 cm³/mol. The number of imidazole rings is 1. The molecule has 4 nitrogen and oxygen atoms in total. The molecule has 1 aromatic heterocycles. The highest BCUT2D eigenvalue weighted by Crippen LogP contribution is 2.17. The van der Waals surface area contributed by atoms with Gasteiger partial charge in [-0.2, -0.15) is 0 Å². The van der Waals surface area contributed by atoms with E-state index in [0.29, 0.717) is 5.75 Å². The van der Waals surface area contributed by atoms with E-state index in [4.69, 9.17) is 0 Å². The molecule has 0 aliphatic carbocycles. The van der Waals surface area contributed by atoms with Crippen LogP contribution in [0.15, 0.2) is 41.8 Å². The number of nitrogens with zero attached hydrogens (tertiary/aromatic N) is 2. The summed E-state index contributed by atoms with van der Waals surface area (Å²) in [5.74, 6) is -0.0376. The molecule has 2 rings (SSSR count). The van der Waals surface area contributed by atoms with E-state index >= 15 is 0 Å². The molecule has 2 aromatic rings. The molecule has 0 saturated heterocycles. The number of halogens is 1. The maximum Gasteiger partial charge on any atom is 0.230 e. The average molecular weight is 307 g/mol. The number of hydrogen-bond donors (Lipinski definition) is 1. The number of aromatic nitrogens is 2. The van der Waals surface area contributed by atoms with Gasteiger partial charge >= 0.3 is 0 Å². The van der Waals surface area contributed by atoms with Crippen molar-refractivity contribution in [2.24, 2.45) is 0 Å². The number of carbonyl (C=O) groups is 1. The number of rotatable bonds is 6. The minimum Gasteiger partial charge on any atom is -0.349 e. The van der Waals surface area contributed by atoms with E-state index in [1.807, 2.05) is 24.6 Å². The SMILES string of the molecule is CCn1ccnc1SCC(=O)N[C@H](C)c1ccc(F)cc1. The van der Waals surface area contributed by atoms with Gasteiger partial charge in [0.15, 0.2) is 5.16 Å². The van der Waals surface area contributed by atoms with E-state index in [9.17, 15) is 9.18 Å². The fraction of sp³-hybridized carbons (Fsp3) is 0.333. The Morgan fingerprint density at radius 3 is 2.81 bits per heavy atom. The second kappa shape index (κ2) is 7.26. The van der Waals surface area contributed by atoms with Gasteiger partial charge in [-0.1, -0.05) is 23.9 Å². The molecular formula is C15H18FN3OS. The van der Waals surface area contributed by atoms with Gasteiger partial charge in [-0.05, 0) is 31.5 Å². The van der Waals surface area contributed by atoms with Gasteiger partial charge in [0.25, 0.3) is 0 Å². The van der Waals surface area contributed by atoms with Crippen LogP contribution in [-0.4, -0.2) is 21.2 Å². The minimum absolute atomic E-state index is 0.0671. The van der Waals surface area contributed by atoms with Crippen molar-refractivity contribution < 1.29 is 9.18 Å². The molecule has 0 aliphatic rings. The van der Waals surface area contributed by atoms with E-state index < -0.39 is 0 Å². The topological polar surface area (TPSA) is 46.9 Å². The molecule has 0 bridgehead atoms. The van der Waals surface area contributed by atoms with Gasteiger partial charge in [-0.15, -0.1) is 0 Å². The van der Waals surface area contributed by atoms with Crippen molar-refractivity contribution in [1.29, 1.82) is 0 Å². The fourth-order valence-corrected chi connectivity index (χ4v) is 2.76. The number of hydrogen-bond acceptors (Lipinski definition) is 3. The van der Waals surface area contributed by atoms with Crippen LogP contribution in [0.1, 0.15) is 25.5 Å². The lowest BCUT2D eigenvalue weighted by Gasteiger charge is -2.14. The van der Waals surface area contributed by atoms with Crippen molar-refractivity contribution in [1.82, 2.24) is 14.9 Å². The van der Waals surface area contributed by atoms with Crippen LogP contribution in [0.4, 0.5) is 4.39 Å². The molecule has 1 heterocycles. The van der Waals surface area contributed by atoms with Gasteiger partial charge < -0.3 is 9.88 Å². The lowest BCUT2D eigenvalue weighted by atomic mass is 10.1. The third-order valence-electron chi connectivity index (χ3n) is 3.10. The van der Waals surface area contributed by atoms with E-state index in [2.05, 4.69) is 10.3 Å². The lowest BCUT2D eigenvalue weighted by Crippen LogP contribution is -2.28. The van der Waals surface area contributed by atoms with Crippen LogP contribution in [0.5, 0.6) is 0 Å². The van der Waals surface area contributed by atoms with Crippen LogP contribution >= 0.6 is 11.8 Å². The number of benzene rings is 1. The van der Waals surface area contributed by atoms with E-state index in [1.54, 1.807) is 18.3 Å². The molecule has 1 amide bonds. The third-order valence-corrected chi connectivity index (χ3v) is 4.10. The number of amides is 1. The Morgan fingerprint density at radius 1 is 1.43 bits per heavy atom. The summed E-state index contributed by atoms with van der Waals surface area (Å²) in [4.78, 5) is 16.2. The van der Waals surface area contributed by atoms with Crippen LogP contribution in [0, 0.1) is 5.82 Å². The van der Waals surface area contributed by atoms with Crippen molar-refractivity contribution >= 4 is 17.7 Å².